The summed E-state index contributed by atoms with van der Waals surface area (Å²) in [5.41, 5.74) is 2.22. The van der Waals surface area contributed by atoms with Crippen molar-refractivity contribution in [2.75, 3.05) is 11.9 Å². The van der Waals surface area contributed by atoms with Gasteiger partial charge < -0.3 is 14.5 Å². The van der Waals surface area contributed by atoms with E-state index in [1.165, 1.54) is 0 Å². The molecule has 1 heterocycles. The molecule has 1 atom stereocenters. The van der Waals surface area contributed by atoms with Gasteiger partial charge in [-0.05, 0) is 43.7 Å². The van der Waals surface area contributed by atoms with E-state index in [0.29, 0.717) is 0 Å². The van der Waals surface area contributed by atoms with Crippen molar-refractivity contribution in [3.05, 3.63) is 48.4 Å². The van der Waals surface area contributed by atoms with E-state index in [4.69, 9.17) is 9.15 Å². The first kappa shape index (κ1) is 12.6. The molecule has 0 aliphatic carbocycles. The summed E-state index contributed by atoms with van der Waals surface area (Å²) in [5.74, 6) is 0.915. The number of ether oxygens (including phenoxy) is 1. The molecule has 0 aliphatic heterocycles. The van der Waals surface area contributed by atoms with Crippen LogP contribution in [-0.2, 0) is 0 Å². The molecule has 2 aromatic rings. The topological polar surface area (TPSA) is 34.4 Å². The molecule has 1 N–H and O–H groups in total. The lowest BCUT2D eigenvalue weighted by Crippen LogP contribution is -2.05. The number of hydrogen-bond acceptors (Lipinski definition) is 3. The van der Waals surface area contributed by atoms with Crippen LogP contribution in [0.4, 0.5) is 5.69 Å². The van der Waals surface area contributed by atoms with Gasteiger partial charge in [-0.3, -0.25) is 0 Å². The Morgan fingerprint density at radius 1 is 1.22 bits per heavy atom. The van der Waals surface area contributed by atoms with Gasteiger partial charge in [-0.1, -0.05) is 6.92 Å². The Hall–Kier alpha value is -1.90. The highest BCUT2D eigenvalue weighted by Gasteiger charge is 2.06. The van der Waals surface area contributed by atoms with E-state index < -0.39 is 0 Å². The zero-order chi connectivity index (χ0) is 12.8. The average Bonchev–Trinajstić information content (AvgIpc) is 2.92. The minimum Gasteiger partial charge on any atom is -0.494 e. The summed E-state index contributed by atoms with van der Waals surface area (Å²) in [7, 11) is 0. The molecule has 2 rings (SSSR count). The monoisotopic (exact) mass is 245 g/mol. The van der Waals surface area contributed by atoms with Crippen molar-refractivity contribution in [2.24, 2.45) is 0 Å². The summed E-state index contributed by atoms with van der Waals surface area (Å²) in [4.78, 5) is 0. The van der Waals surface area contributed by atoms with Crippen molar-refractivity contribution < 1.29 is 9.15 Å². The van der Waals surface area contributed by atoms with Gasteiger partial charge in [-0.25, -0.2) is 0 Å². The second-order valence-corrected chi connectivity index (χ2v) is 4.30. The molecule has 0 saturated carbocycles. The Bertz CT molecular complexity index is 448. The summed E-state index contributed by atoms with van der Waals surface area (Å²) in [6.45, 7) is 4.97. The average molecular weight is 245 g/mol. The second-order valence-electron chi connectivity index (χ2n) is 4.30. The highest BCUT2D eigenvalue weighted by Crippen LogP contribution is 2.21. The summed E-state index contributed by atoms with van der Waals surface area (Å²) >= 11 is 0. The molecule has 18 heavy (non-hydrogen) atoms. The maximum Gasteiger partial charge on any atom is 0.119 e. The van der Waals surface area contributed by atoms with E-state index in [1.54, 1.807) is 12.5 Å². The predicted molar refractivity (Wildman–Crippen MR) is 73.0 cm³/mol. The van der Waals surface area contributed by atoms with Crippen LogP contribution in [-0.4, -0.2) is 6.61 Å². The van der Waals surface area contributed by atoms with E-state index in [9.17, 15) is 0 Å². The Labute approximate surface area is 108 Å². The minimum atomic E-state index is 0.228. The lowest BCUT2D eigenvalue weighted by atomic mass is 10.1. The quantitative estimate of drug-likeness (QED) is 0.826. The number of nitrogens with one attached hydrogen (secondary N) is 1. The van der Waals surface area contributed by atoms with E-state index in [2.05, 4.69) is 19.2 Å². The first-order valence-corrected chi connectivity index (χ1v) is 6.31. The lowest BCUT2D eigenvalue weighted by Gasteiger charge is -2.14. The molecule has 96 valence electrons. The zero-order valence-electron chi connectivity index (χ0n) is 10.8. The molecule has 0 bridgehead atoms. The van der Waals surface area contributed by atoms with Crippen LogP contribution in [0.1, 0.15) is 31.9 Å². The van der Waals surface area contributed by atoms with Gasteiger partial charge in [-0.2, -0.15) is 0 Å². The van der Waals surface area contributed by atoms with Gasteiger partial charge in [-0.15, -0.1) is 0 Å². The molecular formula is C15H19NO2. The standard InChI is InChI=1S/C15H19NO2/c1-3-9-18-15-6-4-14(5-7-15)16-12(2)13-8-10-17-11-13/h4-8,10-12,16H,3,9H2,1-2H3. The van der Waals surface area contributed by atoms with Crippen molar-refractivity contribution in [1.82, 2.24) is 0 Å². The minimum absolute atomic E-state index is 0.228. The maximum absolute atomic E-state index is 5.54. The lowest BCUT2D eigenvalue weighted by molar-refractivity contribution is 0.317. The SMILES string of the molecule is CCCOc1ccc(NC(C)c2ccoc2)cc1. The number of benzene rings is 1. The van der Waals surface area contributed by atoms with Gasteiger partial charge in [0.2, 0.25) is 0 Å². The molecule has 0 fully saturated rings. The van der Waals surface area contributed by atoms with Gasteiger partial charge in [0.25, 0.3) is 0 Å². The van der Waals surface area contributed by atoms with Crippen molar-refractivity contribution >= 4 is 5.69 Å². The summed E-state index contributed by atoms with van der Waals surface area (Å²) in [6, 6.07) is 10.2. The van der Waals surface area contributed by atoms with Crippen LogP contribution < -0.4 is 10.1 Å². The predicted octanol–water partition coefficient (Wildman–Crippen LogP) is 4.24. The molecule has 1 aromatic carbocycles. The summed E-state index contributed by atoms with van der Waals surface area (Å²) in [5, 5.41) is 3.41. The molecule has 0 saturated heterocycles. The van der Waals surface area contributed by atoms with Gasteiger partial charge in [0, 0.05) is 11.3 Å². The van der Waals surface area contributed by atoms with Crippen LogP contribution in [0, 0.1) is 0 Å². The molecule has 1 aromatic heterocycles. The molecular weight excluding hydrogens is 226 g/mol. The molecule has 1 unspecified atom stereocenters. The number of furan rings is 1. The third-order valence-corrected chi connectivity index (χ3v) is 2.75. The molecule has 0 aliphatic rings. The van der Waals surface area contributed by atoms with Crippen LogP contribution in [0.3, 0.4) is 0 Å². The Morgan fingerprint density at radius 3 is 2.61 bits per heavy atom. The molecule has 0 amide bonds. The van der Waals surface area contributed by atoms with Crippen molar-refractivity contribution in [1.29, 1.82) is 0 Å². The van der Waals surface area contributed by atoms with Crippen LogP contribution in [0.5, 0.6) is 5.75 Å². The number of hydrogen-bond donors (Lipinski definition) is 1. The van der Waals surface area contributed by atoms with E-state index in [-0.39, 0.29) is 6.04 Å². The Morgan fingerprint density at radius 2 is 2.00 bits per heavy atom. The summed E-state index contributed by atoms with van der Waals surface area (Å²) < 4.78 is 10.6. The zero-order valence-corrected chi connectivity index (χ0v) is 10.8. The fraction of sp³-hybridized carbons (Fsp3) is 0.333. The molecule has 0 radical (unpaired) electrons. The van der Waals surface area contributed by atoms with Gasteiger partial charge in [0.15, 0.2) is 0 Å². The highest BCUT2D eigenvalue weighted by molar-refractivity contribution is 5.47. The van der Waals surface area contributed by atoms with Gasteiger partial charge in [0.05, 0.1) is 25.2 Å². The van der Waals surface area contributed by atoms with Gasteiger partial charge in [0.1, 0.15) is 5.75 Å². The highest BCUT2D eigenvalue weighted by atomic mass is 16.5. The fourth-order valence-corrected chi connectivity index (χ4v) is 1.72. The third-order valence-electron chi connectivity index (χ3n) is 2.75. The molecule has 3 nitrogen and oxygen atoms in total. The largest absolute Gasteiger partial charge is 0.494 e. The van der Waals surface area contributed by atoms with E-state index >= 15 is 0 Å². The normalized spacial score (nSPS) is 12.1. The smallest absolute Gasteiger partial charge is 0.119 e. The number of rotatable bonds is 6. The van der Waals surface area contributed by atoms with Crippen LogP contribution in [0.25, 0.3) is 0 Å². The van der Waals surface area contributed by atoms with Crippen molar-refractivity contribution in [3.8, 4) is 5.75 Å². The second kappa shape index (κ2) is 6.15. The maximum atomic E-state index is 5.54. The molecule has 0 spiro atoms. The van der Waals surface area contributed by atoms with Gasteiger partial charge >= 0.3 is 0 Å². The van der Waals surface area contributed by atoms with Crippen molar-refractivity contribution in [2.45, 2.75) is 26.3 Å². The van der Waals surface area contributed by atoms with E-state index in [0.717, 1.165) is 30.0 Å². The summed E-state index contributed by atoms with van der Waals surface area (Å²) in [6.07, 6.45) is 4.48. The Balaban J connectivity index is 1.93. The fourth-order valence-electron chi connectivity index (χ4n) is 1.72. The Kier molecular flexibility index (Phi) is 4.29. The van der Waals surface area contributed by atoms with Crippen LogP contribution in [0.15, 0.2) is 47.3 Å². The third kappa shape index (κ3) is 3.29. The van der Waals surface area contributed by atoms with Crippen LogP contribution >= 0.6 is 0 Å². The van der Waals surface area contributed by atoms with Crippen molar-refractivity contribution in [3.63, 3.8) is 0 Å². The first-order chi connectivity index (χ1) is 8.79. The van der Waals surface area contributed by atoms with E-state index in [1.807, 2.05) is 30.3 Å². The molecule has 3 heteroatoms. The van der Waals surface area contributed by atoms with Crippen LogP contribution in [0.2, 0.25) is 0 Å². The number of anilines is 1. The first-order valence-electron chi connectivity index (χ1n) is 6.31.